The number of rotatable bonds is 5. The topological polar surface area (TPSA) is 15.7 Å². The summed E-state index contributed by atoms with van der Waals surface area (Å²) < 4.78 is 5.41. The Hall–Kier alpha value is -0.380. The summed E-state index contributed by atoms with van der Waals surface area (Å²) in [5, 5.41) is 0. The van der Waals surface area contributed by atoms with E-state index < -0.39 is 0 Å². The van der Waals surface area contributed by atoms with Gasteiger partial charge in [-0.3, -0.25) is 9.80 Å². The molecule has 2 aliphatic rings. The molecule has 1 saturated heterocycles. The fourth-order valence-corrected chi connectivity index (χ4v) is 2.93. The van der Waals surface area contributed by atoms with Crippen LogP contribution in [-0.4, -0.2) is 61.3 Å². The van der Waals surface area contributed by atoms with E-state index in [0.717, 1.165) is 38.9 Å². The van der Waals surface area contributed by atoms with Crippen molar-refractivity contribution in [3.63, 3.8) is 0 Å². The zero-order valence-electron chi connectivity index (χ0n) is 12.0. The smallest absolute Gasteiger partial charge is 0.0594 e. The highest BCUT2D eigenvalue weighted by Gasteiger charge is 2.19. The van der Waals surface area contributed by atoms with E-state index >= 15 is 0 Å². The number of hydrogen-bond acceptors (Lipinski definition) is 3. The first-order valence-corrected chi connectivity index (χ1v) is 7.48. The molecule has 0 amide bonds. The molecule has 0 saturated carbocycles. The lowest BCUT2D eigenvalue weighted by Gasteiger charge is -2.34. The first kappa shape index (κ1) is 14.0. The third kappa shape index (κ3) is 4.08. The van der Waals surface area contributed by atoms with Gasteiger partial charge in [0.15, 0.2) is 0 Å². The summed E-state index contributed by atoms with van der Waals surface area (Å²) >= 11 is 0. The van der Waals surface area contributed by atoms with Gasteiger partial charge in [-0.15, -0.1) is 0 Å². The summed E-state index contributed by atoms with van der Waals surface area (Å²) in [7, 11) is 0. The minimum Gasteiger partial charge on any atom is -0.379 e. The zero-order valence-corrected chi connectivity index (χ0v) is 12.0. The molecule has 0 aromatic carbocycles. The van der Waals surface area contributed by atoms with Crippen LogP contribution in [0.25, 0.3) is 0 Å². The molecule has 0 bridgehead atoms. The first-order chi connectivity index (χ1) is 8.77. The van der Waals surface area contributed by atoms with Gasteiger partial charge >= 0.3 is 0 Å². The molecule has 2 aliphatic heterocycles. The maximum Gasteiger partial charge on any atom is 0.0594 e. The Morgan fingerprint density at radius 3 is 2.22 bits per heavy atom. The normalized spacial score (nSPS) is 26.1. The highest BCUT2D eigenvalue weighted by atomic mass is 16.5. The Kier molecular flexibility index (Phi) is 5.67. The van der Waals surface area contributed by atoms with Gasteiger partial charge in [0.1, 0.15) is 0 Å². The van der Waals surface area contributed by atoms with Crippen LogP contribution in [0.2, 0.25) is 0 Å². The maximum atomic E-state index is 5.41. The van der Waals surface area contributed by atoms with E-state index in [0.29, 0.717) is 6.04 Å². The Morgan fingerprint density at radius 2 is 1.61 bits per heavy atom. The molecule has 2 atom stereocenters. The molecule has 0 radical (unpaired) electrons. The predicted molar refractivity (Wildman–Crippen MR) is 75.9 cm³/mol. The van der Waals surface area contributed by atoms with E-state index in [-0.39, 0.29) is 0 Å². The van der Waals surface area contributed by atoms with Crippen LogP contribution < -0.4 is 0 Å². The zero-order chi connectivity index (χ0) is 12.8. The maximum absolute atomic E-state index is 5.41. The third-order valence-electron chi connectivity index (χ3n) is 4.38. The number of ether oxygens (including phenoxy) is 1. The van der Waals surface area contributed by atoms with Crippen molar-refractivity contribution in [3.8, 4) is 0 Å². The second-order valence-electron chi connectivity index (χ2n) is 5.68. The van der Waals surface area contributed by atoms with E-state index in [4.69, 9.17) is 4.74 Å². The summed E-state index contributed by atoms with van der Waals surface area (Å²) in [6, 6.07) is 1.43. The van der Waals surface area contributed by atoms with Crippen molar-refractivity contribution in [2.24, 2.45) is 0 Å². The third-order valence-corrected chi connectivity index (χ3v) is 4.38. The van der Waals surface area contributed by atoms with Gasteiger partial charge < -0.3 is 4.74 Å². The van der Waals surface area contributed by atoms with E-state index in [1.165, 1.54) is 25.8 Å². The molecule has 3 nitrogen and oxygen atoms in total. The van der Waals surface area contributed by atoms with Crippen molar-refractivity contribution in [2.75, 3.05) is 39.4 Å². The molecule has 2 heterocycles. The summed E-state index contributed by atoms with van der Waals surface area (Å²) in [5.41, 5.74) is 0. The molecule has 3 heteroatoms. The van der Waals surface area contributed by atoms with Gasteiger partial charge in [-0.25, -0.2) is 0 Å². The standard InChI is InChI=1S/C15H28N2O/c1-14(16-8-4-3-5-9-16)6-7-15(2)17-10-12-18-13-11-17/h3-4,14-15H,5-13H2,1-2H3. The van der Waals surface area contributed by atoms with Gasteiger partial charge in [-0.05, 0) is 33.1 Å². The Bertz CT molecular complexity index is 261. The SMILES string of the molecule is CC(CCC(C)N1CCOCC1)N1CC=CCC1. The van der Waals surface area contributed by atoms with Crippen LogP contribution in [0.15, 0.2) is 12.2 Å². The van der Waals surface area contributed by atoms with Gasteiger partial charge in [0.05, 0.1) is 13.2 Å². The molecule has 1 fully saturated rings. The van der Waals surface area contributed by atoms with Crippen molar-refractivity contribution in [1.29, 1.82) is 0 Å². The van der Waals surface area contributed by atoms with Crippen LogP contribution in [-0.2, 0) is 4.74 Å². The fraction of sp³-hybridized carbons (Fsp3) is 0.867. The van der Waals surface area contributed by atoms with Crippen LogP contribution in [0.4, 0.5) is 0 Å². The van der Waals surface area contributed by atoms with Gasteiger partial charge in [-0.1, -0.05) is 12.2 Å². The van der Waals surface area contributed by atoms with Crippen LogP contribution in [0, 0.1) is 0 Å². The highest BCUT2D eigenvalue weighted by Crippen LogP contribution is 2.15. The lowest BCUT2D eigenvalue weighted by molar-refractivity contribution is 0.0169. The average Bonchev–Trinajstić information content (AvgIpc) is 2.46. The van der Waals surface area contributed by atoms with Gasteiger partial charge in [0.2, 0.25) is 0 Å². The lowest BCUT2D eigenvalue weighted by Crippen LogP contribution is -2.43. The van der Waals surface area contributed by atoms with Crippen LogP contribution >= 0.6 is 0 Å². The van der Waals surface area contributed by atoms with Gasteiger partial charge in [0.25, 0.3) is 0 Å². The second kappa shape index (κ2) is 7.27. The van der Waals surface area contributed by atoms with Crippen molar-refractivity contribution < 1.29 is 4.74 Å². The Morgan fingerprint density at radius 1 is 0.944 bits per heavy atom. The highest BCUT2D eigenvalue weighted by molar-refractivity contribution is 4.92. The molecule has 0 spiro atoms. The largest absolute Gasteiger partial charge is 0.379 e. The molecule has 0 aromatic heterocycles. The van der Waals surface area contributed by atoms with E-state index in [9.17, 15) is 0 Å². The molecule has 18 heavy (non-hydrogen) atoms. The summed E-state index contributed by atoms with van der Waals surface area (Å²) in [6.07, 6.45) is 8.46. The van der Waals surface area contributed by atoms with Crippen LogP contribution in [0.5, 0.6) is 0 Å². The first-order valence-electron chi connectivity index (χ1n) is 7.48. The molecule has 0 aromatic rings. The Labute approximate surface area is 112 Å². The lowest BCUT2D eigenvalue weighted by atomic mass is 10.0. The van der Waals surface area contributed by atoms with Crippen molar-refractivity contribution in [2.45, 2.75) is 45.2 Å². The average molecular weight is 252 g/mol. The minimum absolute atomic E-state index is 0.705. The van der Waals surface area contributed by atoms with E-state index in [1.807, 2.05) is 0 Å². The monoisotopic (exact) mass is 252 g/mol. The van der Waals surface area contributed by atoms with Crippen molar-refractivity contribution in [3.05, 3.63) is 12.2 Å². The summed E-state index contributed by atoms with van der Waals surface area (Å²) in [4.78, 5) is 5.18. The number of hydrogen-bond donors (Lipinski definition) is 0. The van der Waals surface area contributed by atoms with Crippen molar-refractivity contribution >= 4 is 0 Å². The van der Waals surface area contributed by atoms with Gasteiger partial charge in [0, 0.05) is 38.3 Å². The Balaban J connectivity index is 1.67. The quantitative estimate of drug-likeness (QED) is 0.697. The summed E-state index contributed by atoms with van der Waals surface area (Å²) in [5.74, 6) is 0. The molecule has 0 aliphatic carbocycles. The molecule has 2 unspecified atom stereocenters. The molecule has 104 valence electrons. The van der Waals surface area contributed by atoms with Crippen LogP contribution in [0.3, 0.4) is 0 Å². The fourth-order valence-electron chi connectivity index (χ4n) is 2.93. The van der Waals surface area contributed by atoms with Gasteiger partial charge in [-0.2, -0.15) is 0 Å². The van der Waals surface area contributed by atoms with E-state index in [1.54, 1.807) is 0 Å². The molecular weight excluding hydrogens is 224 g/mol. The summed E-state index contributed by atoms with van der Waals surface area (Å²) in [6.45, 7) is 11.2. The molecule has 0 N–H and O–H groups in total. The minimum atomic E-state index is 0.705. The van der Waals surface area contributed by atoms with E-state index in [2.05, 4.69) is 35.8 Å². The van der Waals surface area contributed by atoms with Crippen molar-refractivity contribution in [1.82, 2.24) is 9.80 Å². The second-order valence-corrected chi connectivity index (χ2v) is 5.68. The molecular formula is C15H28N2O. The number of morpholine rings is 1. The molecule has 2 rings (SSSR count). The predicted octanol–water partition coefficient (Wildman–Crippen LogP) is 2.14. The number of nitrogens with zero attached hydrogens (tertiary/aromatic N) is 2. The van der Waals surface area contributed by atoms with Crippen LogP contribution in [0.1, 0.15) is 33.1 Å².